The number of likely N-dealkylation sites (tertiary alicyclic amines) is 1. The number of ketones is 1. The van der Waals surface area contributed by atoms with Gasteiger partial charge in [-0.25, -0.2) is 4.57 Å². The SMILES string of the molecule is CCCCCCCCCCCCCCCCC(COP(=O)(O)OCCCN1CCCC1)CC(C)=O. The van der Waals surface area contributed by atoms with Crippen LogP contribution < -0.4 is 0 Å². The van der Waals surface area contributed by atoms with Gasteiger partial charge in [-0.05, 0) is 51.6 Å². The summed E-state index contributed by atoms with van der Waals surface area (Å²) in [6, 6.07) is 0. The Morgan fingerprint density at radius 2 is 1.34 bits per heavy atom. The zero-order chi connectivity index (χ0) is 25.6. The van der Waals surface area contributed by atoms with Crippen molar-refractivity contribution in [3.63, 3.8) is 0 Å². The maximum Gasteiger partial charge on any atom is 0.472 e. The topological polar surface area (TPSA) is 76.1 Å². The Balaban J connectivity index is 2.04. The van der Waals surface area contributed by atoms with Crippen molar-refractivity contribution in [2.75, 3.05) is 32.8 Å². The Morgan fingerprint density at radius 3 is 1.86 bits per heavy atom. The summed E-state index contributed by atoms with van der Waals surface area (Å²) in [5.74, 6) is 0.0850. The fourth-order valence-corrected chi connectivity index (χ4v) is 5.82. The zero-order valence-corrected chi connectivity index (χ0v) is 23.9. The van der Waals surface area contributed by atoms with E-state index < -0.39 is 7.82 Å². The molecule has 7 heteroatoms. The van der Waals surface area contributed by atoms with Crippen molar-refractivity contribution in [1.29, 1.82) is 0 Å². The van der Waals surface area contributed by atoms with E-state index in [1.165, 1.54) is 89.9 Å². The first-order valence-electron chi connectivity index (χ1n) is 14.8. The van der Waals surface area contributed by atoms with E-state index in [2.05, 4.69) is 11.8 Å². The molecule has 1 N–H and O–H groups in total. The lowest BCUT2D eigenvalue weighted by molar-refractivity contribution is -0.118. The second-order valence-corrected chi connectivity index (χ2v) is 12.1. The highest BCUT2D eigenvalue weighted by Crippen LogP contribution is 2.44. The van der Waals surface area contributed by atoms with Gasteiger partial charge in [0.25, 0.3) is 0 Å². The van der Waals surface area contributed by atoms with Crippen molar-refractivity contribution >= 4 is 13.6 Å². The molecule has 1 aliphatic heterocycles. The van der Waals surface area contributed by atoms with Crippen LogP contribution in [0.3, 0.4) is 0 Å². The molecule has 1 fully saturated rings. The first-order valence-corrected chi connectivity index (χ1v) is 16.3. The summed E-state index contributed by atoms with van der Waals surface area (Å²) in [6.07, 6.45) is 22.9. The minimum absolute atomic E-state index is 0.0153. The van der Waals surface area contributed by atoms with Gasteiger partial charge in [-0.2, -0.15) is 0 Å². The highest BCUT2D eigenvalue weighted by molar-refractivity contribution is 7.47. The molecule has 0 radical (unpaired) electrons. The van der Waals surface area contributed by atoms with Gasteiger partial charge in [0.15, 0.2) is 0 Å². The number of Topliss-reactive ketones (excluding diaryl/α,β-unsaturated/α-hetero) is 1. The quantitative estimate of drug-likeness (QED) is 0.0974. The van der Waals surface area contributed by atoms with E-state index in [4.69, 9.17) is 9.05 Å². The Labute approximate surface area is 216 Å². The Hall–Kier alpha value is -0.260. The summed E-state index contributed by atoms with van der Waals surface area (Å²) in [6.45, 7) is 7.29. The van der Waals surface area contributed by atoms with E-state index in [9.17, 15) is 14.3 Å². The van der Waals surface area contributed by atoms with Crippen LogP contribution >= 0.6 is 7.82 Å². The molecule has 1 aliphatic rings. The molecule has 0 bridgehead atoms. The van der Waals surface area contributed by atoms with Crippen LogP contribution in [0.15, 0.2) is 0 Å². The summed E-state index contributed by atoms with van der Waals surface area (Å²) in [5.41, 5.74) is 0. The third-order valence-corrected chi connectivity index (χ3v) is 8.07. The third kappa shape index (κ3) is 20.5. The van der Waals surface area contributed by atoms with Crippen LogP contribution in [-0.2, 0) is 18.4 Å². The van der Waals surface area contributed by atoms with E-state index in [1.54, 1.807) is 6.92 Å². The van der Waals surface area contributed by atoms with Gasteiger partial charge in [0.2, 0.25) is 0 Å². The van der Waals surface area contributed by atoms with Gasteiger partial charge in [0.05, 0.1) is 13.2 Å². The molecule has 0 aromatic rings. The molecule has 35 heavy (non-hydrogen) atoms. The fourth-order valence-electron chi connectivity index (χ4n) is 4.99. The summed E-state index contributed by atoms with van der Waals surface area (Å²) in [4.78, 5) is 24.0. The van der Waals surface area contributed by atoms with Crippen LogP contribution in [0.1, 0.15) is 136 Å². The Kier molecular flexibility index (Phi) is 20.4. The summed E-state index contributed by atoms with van der Waals surface area (Å²) in [7, 11) is -4.05. The summed E-state index contributed by atoms with van der Waals surface area (Å²) < 4.78 is 22.6. The van der Waals surface area contributed by atoms with Crippen molar-refractivity contribution in [1.82, 2.24) is 4.90 Å². The lowest BCUT2D eigenvalue weighted by atomic mass is 9.96. The molecule has 0 spiro atoms. The number of carbonyl (C=O) groups excluding carboxylic acids is 1. The monoisotopic (exact) mass is 517 g/mol. The van der Waals surface area contributed by atoms with Gasteiger partial charge in [0, 0.05) is 13.0 Å². The lowest BCUT2D eigenvalue weighted by Gasteiger charge is -2.19. The molecular formula is C28H56NO5P. The third-order valence-electron chi connectivity index (χ3n) is 7.09. The molecule has 0 saturated carbocycles. The molecule has 2 unspecified atom stereocenters. The molecule has 1 rings (SSSR count). The molecule has 2 atom stereocenters. The molecule has 1 saturated heterocycles. The molecule has 0 amide bonds. The fraction of sp³-hybridized carbons (Fsp3) is 0.964. The van der Waals surface area contributed by atoms with Crippen molar-refractivity contribution in [2.45, 2.75) is 136 Å². The first-order chi connectivity index (χ1) is 16.9. The average Bonchev–Trinajstić information content (AvgIpc) is 3.34. The average molecular weight is 518 g/mol. The van der Waals surface area contributed by atoms with E-state index in [1.807, 2.05) is 0 Å². The van der Waals surface area contributed by atoms with E-state index in [-0.39, 0.29) is 24.9 Å². The van der Waals surface area contributed by atoms with Crippen LogP contribution in [0.2, 0.25) is 0 Å². The van der Waals surface area contributed by atoms with E-state index in [0.29, 0.717) is 6.42 Å². The van der Waals surface area contributed by atoms with Crippen LogP contribution in [0.25, 0.3) is 0 Å². The summed E-state index contributed by atoms with van der Waals surface area (Å²) in [5, 5.41) is 0. The smallest absolute Gasteiger partial charge is 0.303 e. The van der Waals surface area contributed by atoms with Crippen LogP contribution in [-0.4, -0.2) is 48.4 Å². The highest BCUT2D eigenvalue weighted by atomic mass is 31.2. The predicted octanol–water partition coefficient (Wildman–Crippen LogP) is 8.07. The van der Waals surface area contributed by atoms with E-state index in [0.717, 1.165) is 45.3 Å². The molecule has 208 valence electrons. The molecule has 0 aromatic heterocycles. The predicted molar refractivity (Wildman–Crippen MR) is 146 cm³/mol. The van der Waals surface area contributed by atoms with Crippen molar-refractivity contribution < 1.29 is 23.3 Å². The minimum Gasteiger partial charge on any atom is -0.303 e. The van der Waals surface area contributed by atoms with Crippen LogP contribution in [0, 0.1) is 5.92 Å². The standard InChI is InChI=1S/C28H56NO5P/c1-3-4-5-6-7-8-9-10-11-12-13-14-15-16-20-28(25-27(2)30)26-34-35(31,32)33-24-19-23-29-21-17-18-22-29/h28H,3-26H2,1-2H3,(H,31,32). The van der Waals surface area contributed by atoms with Crippen molar-refractivity contribution in [3.05, 3.63) is 0 Å². The van der Waals surface area contributed by atoms with E-state index >= 15 is 0 Å². The maximum absolute atomic E-state index is 12.2. The number of hydrogen-bond donors (Lipinski definition) is 1. The Morgan fingerprint density at radius 1 is 0.829 bits per heavy atom. The van der Waals surface area contributed by atoms with Gasteiger partial charge < -0.3 is 14.6 Å². The Bertz CT molecular complexity index is 553. The van der Waals surface area contributed by atoms with Crippen molar-refractivity contribution in [2.24, 2.45) is 5.92 Å². The van der Waals surface area contributed by atoms with Crippen LogP contribution in [0.4, 0.5) is 0 Å². The number of carbonyl (C=O) groups is 1. The number of phosphoric ester groups is 1. The second-order valence-electron chi connectivity index (χ2n) is 10.7. The first kappa shape index (κ1) is 32.8. The number of rotatable bonds is 25. The van der Waals surface area contributed by atoms with Crippen molar-refractivity contribution in [3.8, 4) is 0 Å². The van der Waals surface area contributed by atoms with Gasteiger partial charge >= 0.3 is 7.82 Å². The number of phosphoric acid groups is 1. The maximum atomic E-state index is 12.2. The number of hydrogen-bond acceptors (Lipinski definition) is 5. The second kappa shape index (κ2) is 21.8. The summed E-state index contributed by atoms with van der Waals surface area (Å²) >= 11 is 0. The lowest BCUT2D eigenvalue weighted by Crippen LogP contribution is -2.21. The van der Waals surface area contributed by atoms with Gasteiger partial charge in [-0.15, -0.1) is 0 Å². The molecule has 0 aliphatic carbocycles. The number of unbranched alkanes of at least 4 members (excludes halogenated alkanes) is 13. The molecule has 1 heterocycles. The number of nitrogens with zero attached hydrogens (tertiary/aromatic N) is 1. The van der Waals surface area contributed by atoms with Crippen LogP contribution in [0.5, 0.6) is 0 Å². The largest absolute Gasteiger partial charge is 0.472 e. The van der Waals surface area contributed by atoms with Gasteiger partial charge in [-0.1, -0.05) is 96.8 Å². The zero-order valence-electron chi connectivity index (χ0n) is 23.0. The van der Waals surface area contributed by atoms with Gasteiger partial charge in [-0.3, -0.25) is 9.05 Å². The molecular weight excluding hydrogens is 461 g/mol. The van der Waals surface area contributed by atoms with Gasteiger partial charge in [0.1, 0.15) is 5.78 Å². The molecule has 6 nitrogen and oxygen atoms in total. The molecule has 0 aromatic carbocycles. The normalized spacial score (nSPS) is 17.0. The minimum atomic E-state index is -4.05. The highest BCUT2D eigenvalue weighted by Gasteiger charge is 2.24.